The van der Waals surface area contributed by atoms with Crippen molar-refractivity contribution in [3.8, 4) is 0 Å². The van der Waals surface area contributed by atoms with E-state index in [4.69, 9.17) is 9.47 Å². The summed E-state index contributed by atoms with van der Waals surface area (Å²) in [6, 6.07) is 0. The standard InChI is InChI=1S/C13H23NO4/c1-5-17-11(16)13(7-6-8-13)14-9-10(15)18-12(2,3)4/h14H,5-9H2,1-4H3. The SMILES string of the molecule is CCOC(=O)C1(NCC(=O)OC(C)(C)C)CCC1. The van der Waals surface area contributed by atoms with Gasteiger partial charge in [-0.05, 0) is 47.0 Å². The zero-order valence-electron chi connectivity index (χ0n) is 11.7. The van der Waals surface area contributed by atoms with Crippen molar-refractivity contribution in [1.82, 2.24) is 5.32 Å². The average molecular weight is 257 g/mol. The monoisotopic (exact) mass is 257 g/mol. The Morgan fingerprint density at radius 1 is 1.28 bits per heavy atom. The van der Waals surface area contributed by atoms with Crippen LogP contribution in [-0.2, 0) is 19.1 Å². The summed E-state index contributed by atoms with van der Waals surface area (Å²) in [6.07, 6.45) is 2.41. The molecule has 0 unspecified atom stereocenters. The van der Waals surface area contributed by atoms with Crippen LogP contribution in [0.2, 0.25) is 0 Å². The second kappa shape index (κ2) is 5.69. The molecular weight excluding hydrogens is 234 g/mol. The van der Waals surface area contributed by atoms with Crippen LogP contribution in [-0.4, -0.2) is 36.2 Å². The van der Waals surface area contributed by atoms with Gasteiger partial charge in [-0.3, -0.25) is 14.9 Å². The molecule has 0 aromatic heterocycles. The summed E-state index contributed by atoms with van der Waals surface area (Å²) in [6.45, 7) is 7.61. The second-order valence-electron chi connectivity index (χ2n) is 5.60. The van der Waals surface area contributed by atoms with Crippen LogP contribution in [0.15, 0.2) is 0 Å². The summed E-state index contributed by atoms with van der Waals surface area (Å²) in [5.74, 6) is -0.613. The van der Waals surface area contributed by atoms with Crippen molar-refractivity contribution in [2.45, 2.75) is 58.1 Å². The van der Waals surface area contributed by atoms with Crippen LogP contribution in [0, 0.1) is 0 Å². The van der Waals surface area contributed by atoms with Crippen LogP contribution in [0.5, 0.6) is 0 Å². The fourth-order valence-electron chi connectivity index (χ4n) is 1.87. The number of hydrogen-bond donors (Lipinski definition) is 1. The molecule has 1 fully saturated rings. The van der Waals surface area contributed by atoms with Crippen LogP contribution < -0.4 is 5.32 Å². The van der Waals surface area contributed by atoms with E-state index >= 15 is 0 Å². The van der Waals surface area contributed by atoms with Gasteiger partial charge in [-0.25, -0.2) is 0 Å². The normalized spacial score (nSPS) is 17.8. The third-order valence-corrected chi connectivity index (χ3v) is 2.86. The minimum absolute atomic E-state index is 0.0378. The van der Waals surface area contributed by atoms with Crippen LogP contribution >= 0.6 is 0 Å². The molecule has 1 aliphatic rings. The molecule has 1 N–H and O–H groups in total. The average Bonchev–Trinajstić information content (AvgIpc) is 2.13. The molecule has 104 valence electrons. The van der Waals surface area contributed by atoms with E-state index in [-0.39, 0.29) is 18.5 Å². The van der Waals surface area contributed by atoms with E-state index in [1.165, 1.54) is 0 Å². The van der Waals surface area contributed by atoms with Gasteiger partial charge in [-0.1, -0.05) is 0 Å². The van der Waals surface area contributed by atoms with Gasteiger partial charge in [0.05, 0.1) is 13.2 Å². The molecule has 1 saturated carbocycles. The smallest absolute Gasteiger partial charge is 0.326 e. The molecule has 18 heavy (non-hydrogen) atoms. The summed E-state index contributed by atoms with van der Waals surface area (Å²) < 4.78 is 10.2. The highest BCUT2D eigenvalue weighted by molar-refractivity contribution is 5.83. The Hall–Kier alpha value is -1.10. The van der Waals surface area contributed by atoms with Crippen molar-refractivity contribution in [3.05, 3.63) is 0 Å². The lowest BCUT2D eigenvalue weighted by Crippen LogP contribution is -2.59. The Labute approximate surface area is 108 Å². The third kappa shape index (κ3) is 3.98. The molecule has 0 amide bonds. The van der Waals surface area contributed by atoms with Gasteiger partial charge in [0.1, 0.15) is 11.1 Å². The van der Waals surface area contributed by atoms with Gasteiger partial charge >= 0.3 is 11.9 Å². The molecule has 0 radical (unpaired) electrons. The van der Waals surface area contributed by atoms with Crippen molar-refractivity contribution in [3.63, 3.8) is 0 Å². The molecule has 0 saturated heterocycles. The highest BCUT2D eigenvalue weighted by Gasteiger charge is 2.45. The van der Waals surface area contributed by atoms with E-state index in [1.807, 2.05) is 20.8 Å². The summed E-state index contributed by atoms with van der Waals surface area (Å²) in [4.78, 5) is 23.4. The lowest BCUT2D eigenvalue weighted by Gasteiger charge is -2.39. The molecule has 0 aromatic rings. The maximum atomic E-state index is 11.8. The maximum Gasteiger partial charge on any atom is 0.326 e. The highest BCUT2D eigenvalue weighted by Crippen LogP contribution is 2.33. The van der Waals surface area contributed by atoms with Gasteiger partial charge in [-0.2, -0.15) is 0 Å². The van der Waals surface area contributed by atoms with E-state index in [1.54, 1.807) is 6.92 Å². The number of carbonyl (C=O) groups excluding carboxylic acids is 2. The fourth-order valence-corrected chi connectivity index (χ4v) is 1.87. The highest BCUT2D eigenvalue weighted by atomic mass is 16.6. The predicted molar refractivity (Wildman–Crippen MR) is 67.1 cm³/mol. The number of rotatable bonds is 5. The van der Waals surface area contributed by atoms with Gasteiger partial charge < -0.3 is 9.47 Å². The van der Waals surface area contributed by atoms with Crippen molar-refractivity contribution in [2.75, 3.05) is 13.2 Å². The first-order valence-electron chi connectivity index (χ1n) is 6.43. The first-order chi connectivity index (χ1) is 8.29. The summed E-state index contributed by atoms with van der Waals surface area (Å²) >= 11 is 0. The quantitative estimate of drug-likeness (QED) is 0.754. The van der Waals surface area contributed by atoms with Crippen LogP contribution in [0.4, 0.5) is 0 Å². The van der Waals surface area contributed by atoms with Crippen molar-refractivity contribution >= 4 is 11.9 Å². The fraction of sp³-hybridized carbons (Fsp3) is 0.846. The van der Waals surface area contributed by atoms with Crippen LogP contribution in [0.25, 0.3) is 0 Å². The van der Waals surface area contributed by atoms with Gasteiger partial charge in [0, 0.05) is 0 Å². The number of carbonyl (C=O) groups is 2. The largest absolute Gasteiger partial charge is 0.465 e. The Balaban J connectivity index is 2.45. The van der Waals surface area contributed by atoms with Gasteiger partial charge in [0.25, 0.3) is 0 Å². The Kier molecular flexibility index (Phi) is 4.73. The van der Waals surface area contributed by atoms with E-state index in [2.05, 4.69) is 5.32 Å². The zero-order chi connectivity index (χ0) is 13.8. The Morgan fingerprint density at radius 3 is 2.28 bits per heavy atom. The van der Waals surface area contributed by atoms with Crippen molar-refractivity contribution in [2.24, 2.45) is 0 Å². The molecule has 0 bridgehead atoms. The summed E-state index contributed by atoms with van der Waals surface area (Å²) in [5.41, 5.74) is -1.18. The van der Waals surface area contributed by atoms with Crippen LogP contribution in [0.3, 0.4) is 0 Å². The minimum Gasteiger partial charge on any atom is -0.465 e. The molecule has 1 rings (SSSR count). The van der Waals surface area contributed by atoms with Gasteiger partial charge in [0.15, 0.2) is 0 Å². The van der Waals surface area contributed by atoms with Crippen molar-refractivity contribution < 1.29 is 19.1 Å². The summed E-state index contributed by atoms with van der Waals surface area (Å²) in [5, 5.41) is 2.99. The Bertz CT molecular complexity index is 315. The molecule has 0 spiro atoms. The number of ether oxygens (including phenoxy) is 2. The topological polar surface area (TPSA) is 64.6 Å². The molecule has 5 heteroatoms. The third-order valence-electron chi connectivity index (χ3n) is 2.86. The number of hydrogen-bond acceptors (Lipinski definition) is 5. The van der Waals surface area contributed by atoms with E-state index < -0.39 is 11.1 Å². The first kappa shape index (κ1) is 15.0. The molecular formula is C13H23NO4. The molecule has 0 atom stereocenters. The molecule has 0 heterocycles. The lowest BCUT2D eigenvalue weighted by atomic mass is 9.76. The van der Waals surface area contributed by atoms with Gasteiger partial charge in [-0.15, -0.1) is 0 Å². The Morgan fingerprint density at radius 2 is 1.89 bits per heavy atom. The van der Waals surface area contributed by atoms with Gasteiger partial charge in [0.2, 0.25) is 0 Å². The minimum atomic E-state index is -0.674. The maximum absolute atomic E-state index is 11.8. The second-order valence-corrected chi connectivity index (χ2v) is 5.60. The molecule has 0 aliphatic heterocycles. The molecule has 0 aromatic carbocycles. The summed E-state index contributed by atoms with van der Waals surface area (Å²) in [7, 11) is 0. The number of nitrogens with one attached hydrogen (secondary N) is 1. The van der Waals surface area contributed by atoms with Crippen molar-refractivity contribution in [1.29, 1.82) is 0 Å². The molecule has 1 aliphatic carbocycles. The number of esters is 2. The van der Waals surface area contributed by atoms with E-state index in [0.29, 0.717) is 19.4 Å². The zero-order valence-corrected chi connectivity index (χ0v) is 11.7. The molecule has 5 nitrogen and oxygen atoms in total. The van der Waals surface area contributed by atoms with E-state index in [9.17, 15) is 9.59 Å². The first-order valence-corrected chi connectivity index (χ1v) is 6.43. The predicted octanol–water partition coefficient (Wildman–Crippen LogP) is 1.40. The lowest BCUT2D eigenvalue weighted by molar-refractivity contribution is -0.158. The van der Waals surface area contributed by atoms with Crippen LogP contribution in [0.1, 0.15) is 47.0 Å². The van der Waals surface area contributed by atoms with E-state index in [0.717, 1.165) is 6.42 Å².